The van der Waals surface area contributed by atoms with Crippen LogP contribution in [0.2, 0.25) is 0 Å². The molecule has 11 heavy (non-hydrogen) atoms. The number of aromatic nitrogens is 2. The monoisotopic (exact) mass is 149 g/mol. The van der Waals surface area contributed by atoms with Gasteiger partial charge in [-0.2, -0.15) is 0 Å². The third-order valence-electron chi connectivity index (χ3n) is 1.48. The minimum Gasteiger partial charge on any atom is -0.383 e. The minimum absolute atomic E-state index is 0.496. The zero-order chi connectivity index (χ0) is 7.68. The first kappa shape index (κ1) is 6.09. The van der Waals surface area contributed by atoms with Crippen LogP contribution in [0.25, 0.3) is 0 Å². The summed E-state index contributed by atoms with van der Waals surface area (Å²) in [4.78, 5) is 11.8. The summed E-state index contributed by atoms with van der Waals surface area (Å²) < 4.78 is 0. The Balaban J connectivity index is 2.56. The summed E-state index contributed by atoms with van der Waals surface area (Å²) in [5.74, 6) is 1.26. The van der Waals surface area contributed by atoms with Crippen LogP contribution in [0.1, 0.15) is 5.56 Å². The van der Waals surface area contributed by atoms with Crippen LogP contribution < -0.4 is 11.1 Å². The van der Waals surface area contributed by atoms with E-state index in [-0.39, 0.29) is 0 Å². The van der Waals surface area contributed by atoms with E-state index in [1.807, 2.05) is 0 Å². The van der Waals surface area contributed by atoms with Gasteiger partial charge in [0, 0.05) is 6.20 Å². The molecule has 1 aliphatic heterocycles. The standard InChI is InChI=1S/C6H7N5/c7-5-4-1-8-2-10-6(4)11-3-9-5/h1-2H,3H2,(H2,7,9)(H,8,10,11). The zero-order valence-corrected chi connectivity index (χ0v) is 5.78. The van der Waals surface area contributed by atoms with Crippen LogP contribution in [0.15, 0.2) is 17.5 Å². The summed E-state index contributed by atoms with van der Waals surface area (Å²) in [5.41, 5.74) is 6.35. The number of nitrogens with zero attached hydrogens (tertiary/aromatic N) is 3. The third kappa shape index (κ3) is 0.899. The summed E-state index contributed by atoms with van der Waals surface area (Å²) in [5, 5.41) is 2.97. The molecule has 0 spiro atoms. The highest BCUT2D eigenvalue weighted by Crippen LogP contribution is 2.11. The maximum atomic E-state index is 5.58. The maximum Gasteiger partial charge on any atom is 0.141 e. The molecule has 0 bridgehead atoms. The van der Waals surface area contributed by atoms with Crippen molar-refractivity contribution in [2.75, 3.05) is 12.0 Å². The molecule has 0 fully saturated rings. The van der Waals surface area contributed by atoms with E-state index in [9.17, 15) is 0 Å². The Hall–Kier alpha value is -1.65. The number of hydrogen-bond donors (Lipinski definition) is 2. The molecular weight excluding hydrogens is 142 g/mol. The van der Waals surface area contributed by atoms with Crippen molar-refractivity contribution in [2.24, 2.45) is 10.7 Å². The molecule has 5 nitrogen and oxygen atoms in total. The smallest absolute Gasteiger partial charge is 0.141 e. The quantitative estimate of drug-likeness (QED) is 0.524. The van der Waals surface area contributed by atoms with Gasteiger partial charge in [0.1, 0.15) is 24.6 Å². The average molecular weight is 149 g/mol. The molecular formula is C6H7N5. The van der Waals surface area contributed by atoms with Crippen LogP contribution >= 0.6 is 0 Å². The molecule has 2 heterocycles. The van der Waals surface area contributed by atoms with Gasteiger partial charge < -0.3 is 11.1 Å². The highest BCUT2D eigenvalue weighted by atomic mass is 15.1. The molecule has 0 atom stereocenters. The lowest BCUT2D eigenvalue weighted by Crippen LogP contribution is -2.23. The first-order chi connectivity index (χ1) is 5.38. The fraction of sp³-hybridized carbons (Fsp3) is 0.167. The number of nitrogens with one attached hydrogen (secondary N) is 1. The molecule has 5 heteroatoms. The topological polar surface area (TPSA) is 76.2 Å². The predicted molar refractivity (Wildman–Crippen MR) is 41.2 cm³/mol. The van der Waals surface area contributed by atoms with Crippen molar-refractivity contribution >= 4 is 11.7 Å². The Labute approximate surface area is 63.4 Å². The Bertz CT molecular complexity index is 306. The molecule has 2 rings (SSSR count). The van der Waals surface area contributed by atoms with Crippen molar-refractivity contribution in [1.29, 1.82) is 0 Å². The normalized spacial score (nSPS) is 14.7. The van der Waals surface area contributed by atoms with Gasteiger partial charge in [-0.05, 0) is 0 Å². The number of nitrogens with two attached hydrogens (primary N) is 1. The van der Waals surface area contributed by atoms with E-state index in [0.717, 1.165) is 11.4 Å². The van der Waals surface area contributed by atoms with E-state index in [4.69, 9.17) is 5.73 Å². The van der Waals surface area contributed by atoms with E-state index >= 15 is 0 Å². The first-order valence-corrected chi connectivity index (χ1v) is 3.22. The Morgan fingerprint density at radius 2 is 2.45 bits per heavy atom. The first-order valence-electron chi connectivity index (χ1n) is 3.22. The van der Waals surface area contributed by atoms with Crippen molar-refractivity contribution in [3.63, 3.8) is 0 Å². The molecule has 0 saturated heterocycles. The minimum atomic E-state index is 0.496. The van der Waals surface area contributed by atoms with Gasteiger partial charge in [0.05, 0.1) is 5.56 Å². The average Bonchev–Trinajstić information content (AvgIpc) is 2.06. The van der Waals surface area contributed by atoms with Crippen molar-refractivity contribution in [1.82, 2.24) is 9.97 Å². The molecule has 0 aromatic carbocycles. The van der Waals surface area contributed by atoms with Gasteiger partial charge in [0.25, 0.3) is 0 Å². The van der Waals surface area contributed by atoms with Crippen LogP contribution in [0.4, 0.5) is 5.82 Å². The number of anilines is 1. The molecule has 0 saturated carbocycles. The summed E-state index contributed by atoms with van der Waals surface area (Å²) in [6.07, 6.45) is 3.12. The van der Waals surface area contributed by atoms with E-state index in [1.54, 1.807) is 6.20 Å². The number of rotatable bonds is 0. The van der Waals surface area contributed by atoms with Gasteiger partial charge in [-0.25, -0.2) is 15.0 Å². The second-order valence-corrected chi connectivity index (χ2v) is 2.16. The molecule has 0 radical (unpaired) electrons. The van der Waals surface area contributed by atoms with Gasteiger partial charge in [-0.15, -0.1) is 0 Å². The van der Waals surface area contributed by atoms with Crippen LogP contribution in [0, 0.1) is 0 Å². The van der Waals surface area contributed by atoms with Gasteiger partial charge in [0.15, 0.2) is 0 Å². The Kier molecular flexibility index (Phi) is 1.21. The highest BCUT2D eigenvalue weighted by molar-refractivity contribution is 6.02. The van der Waals surface area contributed by atoms with E-state index in [1.165, 1.54) is 6.33 Å². The SMILES string of the molecule is NC1=NCNc2ncncc21. The predicted octanol–water partition coefficient (Wildman–Crippen LogP) is -0.435. The molecule has 0 unspecified atom stereocenters. The van der Waals surface area contributed by atoms with Crippen LogP contribution in [0.3, 0.4) is 0 Å². The summed E-state index contributed by atoms with van der Waals surface area (Å²) in [6, 6.07) is 0. The maximum absolute atomic E-state index is 5.58. The van der Waals surface area contributed by atoms with Crippen molar-refractivity contribution < 1.29 is 0 Å². The van der Waals surface area contributed by atoms with Crippen molar-refractivity contribution in [3.05, 3.63) is 18.1 Å². The summed E-state index contributed by atoms with van der Waals surface area (Å²) in [6.45, 7) is 0.496. The fourth-order valence-electron chi connectivity index (χ4n) is 0.943. The van der Waals surface area contributed by atoms with E-state index < -0.39 is 0 Å². The molecule has 0 amide bonds. The number of fused-ring (bicyclic) bond motifs is 1. The lowest BCUT2D eigenvalue weighted by atomic mass is 10.2. The van der Waals surface area contributed by atoms with Crippen LogP contribution in [-0.4, -0.2) is 22.5 Å². The zero-order valence-electron chi connectivity index (χ0n) is 5.78. The van der Waals surface area contributed by atoms with Crippen LogP contribution in [0.5, 0.6) is 0 Å². The van der Waals surface area contributed by atoms with Crippen LogP contribution in [-0.2, 0) is 0 Å². The van der Waals surface area contributed by atoms with Gasteiger partial charge in [0.2, 0.25) is 0 Å². The lowest BCUT2D eigenvalue weighted by Gasteiger charge is -2.12. The molecule has 1 aliphatic rings. The highest BCUT2D eigenvalue weighted by Gasteiger charge is 2.10. The van der Waals surface area contributed by atoms with Gasteiger partial charge in [-0.1, -0.05) is 0 Å². The molecule has 1 aromatic rings. The molecule has 56 valence electrons. The van der Waals surface area contributed by atoms with Crippen molar-refractivity contribution in [2.45, 2.75) is 0 Å². The number of amidine groups is 1. The number of hydrogen-bond acceptors (Lipinski definition) is 5. The second kappa shape index (κ2) is 2.19. The van der Waals surface area contributed by atoms with E-state index in [2.05, 4.69) is 20.3 Å². The lowest BCUT2D eigenvalue weighted by molar-refractivity contribution is 1.04. The summed E-state index contributed by atoms with van der Waals surface area (Å²) >= 11 is 0. The summed E-state index contributed by atoms with van der Waals surface area (Å²) in [7, 11) is 0. The van der Waals surface area contributed by atoms with Gasteiger partial charge in [-0.3, -0.25) is 0 Å². The molecule has 0 aliphatic carbocycles. The Morgan fingerprint density at radius 1 is 1.55 bits per heavy atom. The van der Waals surface area contributed by atoms with Crippen molar-refractivity contribution in [3.8, 4) is 0 Å². The second-order valence-electron chi connectivity index (χ2n) is 2.16. The Morgan fingerprint density at radius 3 is 3.27 bits per heavy atom. The van der Waals surface area contributed by atoms with E-state index in [0.29, 0.717) is 12.5 Å². The number of aliphatic imine (C=N–C) groups is 1. The van der Waals surface area contributed by atoms with Gasteiger partial charge >= 0.3 is 0 Å². The fourth-order valence-corrected chi connectivity index (χ4v) is 0.943. The molecule has 1 aromatic heterocycles. The third-order valence-corrected chi connectivity index (χ3v) is 1.48. The molecule has 3 N–H and O–H groups in total. The largest absolute Gasteiger partial charge is 0.383 e.